The number of carbonyl (C=O) groups is 1. The normalized spacial score (nSPS) is 12.2. The number of nitrogens with one attached hydrogen (secondary N) is 1. The smallest absolute Gasteiger partial charge is 0.253 e. The highest BCUT2D eigenvalue weighted by molar-refractivity contribution is 9.09. The van der Waals surface area contributed by atoms with Crippen molar-refractivity contribution < 1.29 is 9.90 Å². The van der Waals surface area contributed by atoms with Crippen LogP contribution in [0.4, 0.5) is 0 Å². The highest BCUT2D eigenvalue weighted by Crippen LogP contribution is 1.99. The van der Waals surface area contributed by atoms with Crippen LogP contribution in [0.2, 0.25) is 0 Å². The van der Waals surface area contributed by atoms with Crippen molar-refractivity contribution in [1.29, 1.82) is 0 Å². The molecule has 1 aromatic carbocycles. The maximum atomic E-state index is 11.2. The third-order valence-electron chi connectivity index (χ3n) is 1.29. The molecule has 0 saturated carbocycles. The third-order valence-corrected chi connectivity index (χ3v) is 1.52. The van der Waals surface area contributed by atoms with Crippen LogP contribution in [0.1, 0.15) is 10.4 Å². The lowest BCUT2D eigenvalue weighted by atomic mass is 10.2. The molecule has 2 N–H and O–H groups in total. The topological polar surface area (TPSA) is 49.3 Å². The van der Waals surface area contributed by atoms with Crippen molar-refractivity contribution in [1.82, 2.24) is 5.32 Å². The zero-order valence-electron chi connectivity index (χ0n) is 6.20. The van der Waals surface area contributed by atoms with E-state index in [1.165, 1.54) is 0 Å². The molecule has 3 nitrogen and oxygen atoms in total. The van der Waals surface area contributed by atoms with Crippen LogP contribution in [0.5, 0.6) is 0 Å². The molecule has 4 heteroatoms. The van der Waals surface area contributed by atoms with Gasteiger partial charge < -0.3 is 10.4 Å². The Balaban J connectivity index is 2.66. The summed E-state index contributed by atoms with van der Waals surface area (Å²) in [6.45, 7) is 0. The van der Waals surface area contributed by atoms with Gasteiger partial charge >= 0.3 is 0 Å². The van der Waals surface area contributed by atoms with Crippen molar-refractivity contribution in [2.75, 3.05) is 0 Å². The maximum Gasteiger partial charge on any atom is 0.253 e. The van der Waals surface area contributed by atoms with Crippen LogP contribution in [0, 0.1) is 0 Å². The van der Waals surface area contributed by atoms with Crippen LogP contribution < -0.4 is 5.32 Å². The van der Waals surface area contributed by atoms with Crippen LogP contribution >= 0.6 is 15.9 Å². The molecule has 0 aliphatic heterocycles. The molecule has 0 bridgehead atoms. The van der Waals surface area contributed by atoms with E-state index < -0.39 is 5.14 Å². The van der Waals surface area contributed by atoms with E-state index >= 15 is 0 Å². The zero-order chi connectivity index (χ0) is 8.97. The first-order valence-electron chi connectivity index (χ1n) is 3.38. The molecule has 0 aromatic heterocycles. The van der Waals surface area contributed by atoms with Crippen LogP contribution in [0.15, 0.2) is 30.3 Å². The number of benzene rings is 1. The fourth-order valence-corrected chi connectivity index (χ4v) is 0.989. The molecule has 1 atom stereocenters. The minimum atomic E-state index is -0.995. The van der Waals surface area contributed by atoms with E-state index in [1.807, 2.05) is 6.07 Å². The third kappa shape index (κ3) is 2.64. The minimum absolute atomic E-state index is 0.306. The van der Waals surface area contributed by atoms with Crippen molar-refractivity contribution >= 4 is 21.8 Å². The first kappa shape index (κ1) is 9.22. The molecule has 0 saturated heterocycles. The average molecular weight is 230 g/mol. The number of rotatable bonds is 2. The van der Waals surface area contributed by atoms with Gasteiger partial charge in [0.25, 0.3) is 5.91 Å². The van der Waals surface area contributed by atoms with Gasteiger partial charge in [-0.05, 0) is 28.1 Å². The average Bonchev–Trinajstić information content (AvgIpc) is 2.05. The molecule has 0 radical (unpaired) electrons. The first-order valence-corrected chi connectivity index (χ1v) is 4.30. The molecule has 1 aromatic rings. The number of alkyl halides is 1. The summed E-state index contributed by atoms with van der Waals surface area (Å²) >= 11 is 2.80. The van der Waals surface area contributed by atoms with Crippen molar-refractivity contribution in [2.24, 2.45) is 0 Å². The van der Waals surface area contributed by atoms with Crippen LogP contribution in [0.3, 0.4) is 0 Å². The fourth-order valence-electron chi connectivity index (χ4n) is 0.781. The van der Waals surface area contributed by atoms with Gasteiger partial charge in [-0.25, -0.2) is 0 Å². The molecule has 1 unspecified atom stereocenters. The molecule has 1 amide bonds. The number of amides is 1. The van der Waals surface area contributed by atoms with E-state index in [9.17, 15) is 4.79 Å². The van der Waals surface area contributed by atoms with Gasteiger partial charge in [0.15, 0.2) is 5.14 Å². The van der Waals surface area contributed by atoms with Gasteiger partial charge in [0.2, 0.25) is 0 Å². The molecular weight excluding hydrogens is 222 g/mol. The minimum Gasteiger partial charge on any atom is -0.364 e. The van der Waals surface area contributed by atoms with Crippen LogP contribution in [0.25, 0.3) is 0 Å². The predicted molar refractivity (Wildman–Crippen MR) is 48.8 cm³/mol. The summed E-state index contributed by atoms with van der Waals surface area (Å²) in [4.78, 5) is 11.2. The standard InChI is InChI=1S/C8H8BrNO2/c9-8(12)10-7(11)6-4-2-1-3-5-6/h1-5,8,12H,(H,10,11). The Bertz CT molecular complexity index is 261. The maximum absolute atomic E-state index is 11.2. The Morgan fingerprint density at radius 1 is 1.42 bits per heavy atom. The van der Waals surface area contributed by atoms with Gasteiger partial charge in [-0.1, -0.05) is 18.2 Å². The van der Waals surface area contributed by atoms with Gasteiger partial charge in [0.05, 0.1) is 0 Å². The number of hydrogen-bond donors (Lipinski definition) is 2. The molecule has 12 heavy (non-hydrogen) atoms. The van der Waals surface area contributed by atoms with Gasteiger partial charge in [0.1, 0.15) is 0 Å². The molecule has 0 heterocycles. The second-order valence-corrected chi connectivity index (χ2v) is 3.04. The van der Waals surface area contributed by atoms with E-state index in [0.717, 1.165) is 0 Å². The van der Waals surface area contributed by atoms with E-state index in [-0.39, 0.29) is 5.91 Å². The molecule has 0 spiro atoms. The second kappa shape index (κ2) is 4.23. The lowest BCUT2D eigenvalue weighted by molar-refractivity contribution is 0.0893. The second-order valence-electron chi connectivity index (χ2n) is 2.18. The van der Waals surface area contributed by atoms with E-state index in [2.05, 4.69) is 21.2 Å². The predicted octanol–water partition coefficient (Wildman–Crippen LogP) is 1.09. The number of aliphatic hydroxyl groups excluding tert-OH is 1. The zero-order valence-corrected chi connectivity index (χ0v) is 7.78. The molecular formula is C8H8BrNO2. The van der Waals surface area contributed by atoms with Gasteiger partial charge in [0, 0.05) is 5.56 Å². The quantitative estimate of drug-likeness (QED) is 0.454. The summed E-state index contributed by atoms with van der Waals surface area (Å²) in [5, 5.41) is 10.1. The number of carbonyl (C=O) groups excluding carboxylic acids is 1. The van der Waals surface area contributed by atoms with Gasteiger partial charge in [-0.15, -0.1) is 0 Å². The van der Waals surface area contributed by atoms with Gasteiger partial charge in [-0.2, -0.15) is 0 Å². The number of aliphatic hydroxyl groups is 1. The fraction of sp³-hybridized carbons (Fsp3) is 0.125. The van der Waals surface area contributed by atoms with Crippen LogP contribution in [-0.4, -0.2) is 16.2 Å². The molecule has 0 aliphatic carbocycles. The lowest BCUT2D eigenvalue weighted by Crippen LogP contribution is -2.29. The summed E-state index contributed by atoms with van der Waals surface area (Å²) in [5.41, 5.74) is 0.524. The Hall–Kier alpha value is -0.870. The van der Waals surface area contributed by atoms with Crippen molar-refractivity contribution in [3.8, 4) is 0 Å². The Morgan fingerprint density at radius 2 is 2.00 bits per heavy atom. The Labute approximate surface area is 78.5 Å². The van der Waals surface area contributed by atoms with E-state index in [0.29, 0.717) is 5.56 Å². The van der Waals surface area contributed by atoms with Gasteiger partial charge in [-0.3, -0.25) is 4.79 Å². The summed E-state index contributed by atoms with van der Waals surface area (Å²) in [6.07, 6.45) is 0. The van der Waals surface area contributed by atoms with E-state index in [1.54, 1.807) is 24.3 Å². The lowest BCUT2D eigenvalue weighted by Gasteiger charge is -2.04. The molecule has 0 aliphatic rings. The Morgan fingerprint density at radius 3 is 2.50 bits per heavy atom. The number of halogens is 1. The highest BCUT2D eigenvalue weighted by Gasteiger charge is 2.06. The SMILES string of the molecule is O=C(NC(O)Br)c1ccccc1. The summed E-state index contributed by atoms with van der Waals surface area (Å²) in [5.74, 6) is -0.306. The summed E-state index contributed by atoms with van der Waals surface area (Å²) in [7, 11) is 0. The summed E-state index contributed by atoms with van der Waals surface area (Å²) < 4.78 is 0. The van der Waals surface area contributed by atoms with Crippen molar-refractivity contribution in [2.45, 2.75) is 5.14 Å². The Kier molecular flexibility index (Phi) is 3.25. The molecule has 1 rings (SSSR count). The van der Waals surface area contributed by atoms with Crippen LogP contribution in [-0.2, 0) is 0 Å². The highest BCUT2D eigenvalue weighted by atomic mass is 79.9. The number of hydrogen-bond acceptors (Lipinski definition) is 2. The van der Waals surface area contributed by atoms with Crippen molar-refractivity contribution in [3.63, 3.8) is 0 Å². The largest absolute Gasteiger partial charge is 0.364 e. The molecule has 0 fully saturated rings. The summed E-state index contributed by atoms with van der Waals surface area (Å²) in [6, 6.07) is 8.68. The monoisotopic (exact) mass is 229 g/mol. The molecule has 64 valence electrons. The first-order chi connectivity index (χ1) is 5.70. The van der Waals surface area contributed by atoms with E-state index in [4.69, 9.17) is 5.11 Å². The van der Waals surface area contributed by atoms with Crippen molar-refractivity contribution in [3.05, 3.63) is 35.9 Å².